The van der Waals surface area contributed by atoms with E-state index in [0.717, 1.165) is 6.42 Å². The lowest BCUT2D eigenvalue weighted by Crippen LogP contribution is -2.34. The zero-order valence-electron chi connectivity index (χ0n) is 16.2. The minimum absolute atomic E-state index is 0.238. The van der Waals surface area contributed by atoms with E-state index in [1.807, 2.05) is 6.92 Å². The molecule has 0 radical (unpaired) electrons. The molecule has 0 aromatic heterocycles. The second-order valence-corrected chi connectivity index (χ2v) is 9.15. The fourth-order valence-corrected chi connectivity index (χ4v) is 3.31. The van der Waals surface area contributed by atoms with Crippen molar-refractivity contribution in [1.82, 2.24) is 5.32 Å². The summed E-state index contributed by atoms with van der Waals surface area (Å²) in [6, 6.07) is 6.71. The topological polar surface area (TPSA) is 93.7 Å². The first-order chi connectivity index (χ1) is 12.0. The number of anilines is 1. The highest BCUT2D eigenvalue weighted by Gasteiger charge is 2.19. The SMILES string of the molecule is CCCC(C)S(=O)(=O)Nc1cccc(OCCNC(=O)OC(C)(C)C)c1. The maximum atomic E-state index is 12.2. The van der Waals surface area contributed by atoms with E-state index in [9.17, 15) is 13.2 Å². The van der Waals surface area contributed by atoms with Crippen molar-refractivity contribution in [3.8, 4) is 5.75 Å². The number of carbonyl (C=O) groups is 1. The predicted octanol–water partition coefficient (Wildman–Crippen LogP) is 3.52. The van der Waals surface area contributed by atoms with E-state index in [0.29, 0.717) is 17.9 Å². The van der Waals surface area contributed by atoms with E-state index >= 15 is 0 Å². The molecule has 8 heteroatoms. The highest BCUT2D eigenvalue weighted by Crippen LogP contribution is 2.20. The van der Waals surface area contributed by atoms with Gasteiger partial charge in [-0.2, -0.15) is 0 Å². The molecule has 1 rings (SSSR count). The fraction of sp³-hybridized carbons (Fsp3) is 0.611. The number of nitrogens with one attached hydrogen (secondary N) is 2. The van der Waals surface area contributed by atoms with E-state index in [1.165, 1.54) is 0 Å². The normalized spacial score (nSPS) is 13.0. The molecule has 0 fully saturated rings. The van der Waals surface area contributed by atoms with Gasteiger partial charge in [-0.15, -0.1) is 0 Å². The minimum Gasteiger partial charge on any atom is -0.492 e. The summed E-state index contributed by atoms with van der Waals surface area (Å²) in [5.41, 5.74) is -0.101. The van der Waals surface area contributed by atoms with Gasteiger partial charge in [0.1, 0.15) is 18.0 Å². The standard InChI is InChI=1S/C18H30N2O5S/c1-6-8-14(2)26(22,23)20-15-9-7-10-16(13-15)24-12-11-19-17(21)25-18(3,4)5/h7,9-10,13-14,20H,6,8,11-12H2,1-5H3,(H,19,21). The molecule has 0 aliphatic heterocycles. The van der Waals surface area contributed by atoms with E-state index in [-0.39, 0.29) is 13.2 Å². The van der Waals surface area contributed by atoms with Gasteiger partial charge >= 0.3 is 6.09 Å². The van der Waals surface area contributed by atoms with Crippen LogP contribution < -0.4 is 14.8 Å². The number of carbonyl (C=O) groups excluding carboxylic acids is 1. The van der Waals surface area contributed by atoms with Crippen LogP contribution in [0.5, 0.6) is 5.75 Å². The Kier molecular flexibility index (Phi) is 8.20. The van der Waals surface area contributed by atoms with Crippen LogP contribution in [0.3, 0.4) is 0 Å². The van der Waals surface area contributed by atoms with Crippen LogP contribution in [0.25, 0.3) is 0 Å². The molecule has 0 aliphatic rings. The molecule has 2 N–H and O–H groups in total. The summed E-state index contributed by atoms with van der Waals surface area (Å²) >= 11 is 0. The van der Waals surface area contributed by atoms with Gasteiger partial charge in [0.15, 0.2) is 0 Å². The maximum absolute atomic E-state index is 12.2. The summed E-state index contributed by atoms with van der Waals surface area (Å²) in [6.45, 7) is 9.52. The second kappa shape index (κ2) is 9.66. The number of sulfonamides is 1. The molecule has 0 bridgehead atoms. The van der Waals surface area contributed by atoms with Crippen LogP contribution in [0.4, 0.5) is 10.5 Å². The molecule has 0 spiro atoms. The first kappa shape index (κ1) is 22.1. The van der Waals surface area contributed by atoms with Crippen molar-refractivity contribution in [3.63, 3.8) is 0 Å². The van der Waals surface area contributed by atoms with Crippen LogP contribution in [-0.2, 0) is 14.8 Å². The average Bonchev–Trinajstić information content (AvgIpc) is 2.50. The van der Waals surface area contributed by atoms with Gasteiger partial charge in [0, 0.05) is 6.07 Å². The Bertz CT molecular complexity index is 683. The Balaban J connectivity index is 2.51. The zero-order valence-corrected chi connectivity index (χ0v) is 17.0. The van der Waals surface area contributed by atoms with E-state index in [1.54, 1.807) is 52.0 Å². The van der Waals surface area contributed by atoms with E-state index in [4.69, 9.17) is 9.47 Å². The Hall–Kier alpha value is -1.96. The average molecular weight is 387 g/mol. The fourth-order valence-electron chi connectivity index (χ4n) is 2.11. The van der Waals surface area contributed by atoms with Gasteiger partial charge in [-0.25, -0.2) is 13.2 Å². The molecule has 7 nitrogen and oxygen atoms in total. The molecule has 148 valence electrons. The molecule has 26 heavy (non-hydrogen) atoms. The highest BCUT2D eigenvalue weighted by atomic mass is 32.2. The van der Waals surface area contributed by atoms with Gasteiger partial charge in [0.05, 0.1) is 17.5 Å². The smallest absolute Gasteiger partial charge is 0.407 e. The third kappa shape index (κ3) is 8.42. The van der Waals surface area contributed by atoms with Crippen molar-refractivity contribution in [2.75, 3.05) is 17.9 Å². The summed E-state index contributed by atoms with van der Waals surface area (Å²) < 4.78 is 37.7. The first-order valence-electron chi connectivity index (χ1n) is 8.75. The third-order valence-electron chi connectivity index (χ3n) is 3.36. The van der Waals surface area contributed by atoms with E-state index < -0.39 is 27.0 Å². The first-order valence-corrected chi connectivity index (χ1v) is 10.3. The third-order valence-corrected chi connectivity index (χ3v) is 5.17. The number of benzene rings is 1. The molecule has 1 aromatic rings. The molecule has 0 heterocycles. The minimum atomic E-state index is -3.43. The lowest BCUT2D eigenvalue weighted by Gasteiger charge is -2.19. The van der Waals surface area contributed by atoms with Crippen LogP contribution in [0.15, 0.2) is 24.3 Å². The molecular formula is C18H30N2O5S. The predicted molar refractivity (Wildman–Crippen MR) is 103 cm³/mol. The summed E-state index contributed by atoms with van der Waals surface area (Å²) in [5.74, 6) is 0.513. The molecule has 1 amide bonds. The zero-order chi connectivity index (χ0) is 19.8. The van der Waals surface area contributed by atoms with Crippen molar-refractivity contribution in [2.45, 2.75) is 58.3 Å². The van der Waals surface area contributed by atoms with Gasteiger partial charge < -0.3 is 14.8 Å². The number of alkyl carbamates (subject to hydrolysis) is 1. The number of rotatable bonds is 9. The summed E-state index contributed by atoms with van der Waals surface area (Å²) in [4.78, 5) is 11.5. The quantitative estimate of drug-likeness (QED) is 0.633. The number of hydrogen-bond acceptors (Lipinski definition) is 5. The van der Waals surface area contributed by atoms with E-state index in [2.05, 4.69) is 10.0 Å². The van der Waals surface area contributed by atoms with Gasteiger partial charge in [0.25, 0.3) is 0 Å². The van der Waals surface area contributed by atoms with Crippen molar-refractivity contribution >= 4 is 21.8 Å². The molecular weight excluding hydrogens is 356 g/mol. The lowest BCUT2D eigenvalue weighted by atomic mass is 10.2. The Morgan fingerprint density at radius 2 is 1.96 bits per heavy atom. The Morgan fingerprint density at radius 3 is 2.58 bits per heavy atom. The van der Waals surface area contributed by atoms with Gasteiger partial charge in [0.2, 0.25) is 10.0 Å². The second-order valence-electron chi connectivity index (χ2n) is 7.05. The molecule has 0 saturated heterocycles. The summed E-state index contributed by atoms with van der Waals surface area (Å²) in [5, 5.41) is 2.13. The molecule has 1 unspecified atom stereocenters. The molecule has 1 atom stereocenters. The molecule has 0 aliphatic carbocycles. The maximum Gasteiger partial charge on any atom is 0.407 e. The van der Waals surface area contributed by atoms with Crippen LogP contribution in [0.2, 0.25) is 0 Å². The summed E-state index contributed by atoms with van der Waals surface area (Å²) in [6.07, 6.45) is 0.894. The highest BCUT2D eigenvalue weighted by molar-refractivity contribution is 7.93. The molecule has 0 saturated carbocycles. The van der Waals surface area contributed by atoms with Crippen LogP contribution in [-0.4, -0.2) is 38.5 Å². The van der Waals surface area contributed by atoms with Crippen LogP contribution >= 0.6 is 0 Å². The van der Waals surface area contributed by atoms with Crippen molar-refractivity contribution in [1.29, 1.82) is 0 Å². The molecule has 1 aromatic carbocycles. The van der Waals surface area contributed by atoms with Crippen molar-refractivity contribution in [3.05, 3.63) is 24.3 Å². The largest absolute Gasteiger partial charge is 0.492 e. The van der Waals surface area contributed by atoms with Crippen LogP contribution in [0, 0.1) is 0 Å². The number of amides is 1. The van der Waals surface area contributed by atoms with Gasteiger partial charge in [-0.3, -0.25) is 4.72 Å². The monoisotopic (exact) mass is 386 g/mol. The van der Waals surface area contributed by atoms with Crippen LogP contribution in [0.1, 0.15) is 47.5 Å². The lowest BCUT2D eigenvalue weighted by molar-refractivity contribution is 0.0520. The van der Waals surface area contributed by atoms with Crippen molar-refractivity contribution in [2.24, 2.45) is 0 Å². The van der Waals surface area contributed by atoms with Gasteiger partial charge in [-0.1, -0.05) is 19.4 Å². The number of hydrogen-bond donors (Lipinski definition) is 2. The van der Waals surface area contributed by atoms with Gasteiger partial charge in [-0.05, 0) is 46.2 Å². The Morgan fingerprint density at radius 1 is 1.27 bits per heavy atom. The number of ether oxygens (including phenoxy) is 2. The summed E-state index contributed by atoms with van der Waals surface area (Å²) in [7, 11) is -3.43. The van der Waals surface area contributed by atoms with Crippen molar-refractivity contribution < 1.29 is 22.7 Å². The Labute approximate surface area is 156 Å².